The Morgan fingerprint density at radius 3 is 1.95 bits per heavy atom. The summed E-state index contributed by atoms with van der Waals surface area (Å²) in [6, 6.07) is 17.0. The van der Waals surface area contributed by atoms with Crippen LogP contribution in [0.2, 0.25) is 10.0 Å². The van der Waals surface area contributed by atoms with Crippen LogP contribution >= 0.6 is 34.8 Å². The Balaban J connectivity index is 1.60. The molecule has 0 fully saturated rings. The van der Waals surface area contributed by atoms with Gasteiger partial charge in [0.25, 0.3) is 10.1 Å². The van der Waals surface area contributed by atoms with Crippen LogP contribution in [0, 0.1) is 6.92 Å². The molecule has 212 valence electrons. The van der Waals surface area contributed by atoms with E-state index in [-0.39, 0.29) is 29.7 Å². The second kappa shape index (κ2) is 13.5. The summed E-state index contributed by atoms with van der Waals surface area (Å²) in [7, 11) is -3.98. The molecular formula is C28H31Cl3O7S. The lowest BCUT2D eigenvalue weighted by Gasteiger charge is -2.27. The second-order valence-corrected chi connectivity index (χ2v) is 12.3. The minimum atomic E-state index is -3.98. The zero-order valence-corrected chi connectivity index (χ0v) is 24.8. The van der Waals surface area contributed by atoms with E-state index in [0.29, 0.717) is 15.8 Å². The van der Waals surface area contributed by atoms with Crippen LogP contribution in [0.1, 0.15) is 30.5 Å². The molecule has 39 heavy (non-hydrogen) atoms. The predicted molar refractivity (Wildman–Crippen MR) is 153 cm³/mol. The van der Waals surface area contributed by atoms with Gasteiger partial charge in [0.2, 0.25) is 0 Å². The lowest BCUT2D eigenvalue weighted by Crippen LogP contribution is -2.25. The van der Waals surface area contributed by atoms with Gasteiger partial charge < -0.3 is 19.7 Å². The molecule has 0 aliphatic carbocycles. The van der Waals surface area contributed by atoms with Gasteiger partial charge in [-0.05, 0) is 54.4 Å². The molecule has 0 aromatic heterocycles. The summed E-state index contributed by atoms with van der Waals surface area (Å²) in [5, 5.41) is 20.4. The molecule has 0 bridgehead atoms. The summed E-state index contributed by atoms with van der Waals surface area (Å²) in [5.74, 6) is 0.801. The molecule has 0 saturated carbocycles. The van der Waals surface area contributed by atoms with E-state index in [9.17, 15) is 18.6 Å². The summed E-state index contributed by atoms with van der Waals surface area (Å²) in [4.78, 5) is 0.0225. The van der Waals surface area contributed by atoms with Gasteiger partial charge >= 0.3 is 0 Å². The number of aliphatic hydroxyl groups excluding tert-OH is 2. The summed E-state index contributed by atoms with van der Waals surface area (Å²) in [6.07, 6.45) is -1.99. The number of aliphatic hydroxyl groups is 2. The van der Waals surface area contributed by atoms with Crippen LogP contribution in [-0.2, 0) is 19.7 Å². The van der Waals surface area contributed by atoms with Gasteiger partial charge in [-0.3, -0.25) is 4.18 Å². The van der Waals surface area contributed by atoms with Crippen molar-refractivity contribution in [3.63, 3.8) is 0 Å². The molecule has 3 rings (SSSR count). The SMILES string of the molecule is Cc1ccc(S(=O)(=O)OCC(O)COc2ccc(C(C)(C)c3cc(Cl)c(OCC(O)CCl)c(Cl)c3)cc2)cc1. The lowest BCUT2D eigenvalue weighted by molar-refractivity contribution is 0.0648. The first-order valence-corrected chi connectivity index (χ1v) is 14.8. The van der Waals surface area contributed by atoms with Crippen molar-refractivity contribution in [3.8, 4) is 11.5 Å². The van der Waals surface area contributed by atoms with Crippen LogP contribution in [0.4, 0.5) is 0 Å². The Labute approximate surface area is 244 Å². The van der Waals surface area contributed by atoms with Crippen molar-refractivity contribution < 1.29 is 32.3 Å². The maximum Gasteiger partial charge on any atom is 0.297 e. The quantitative estimate of drug-likeness (QED) is 0.186. The van der Waals surface area contributed by atoms with Gasteiger partial charge in [0.15, 0.2) is 5.75 Å². The smallest absolute Gasteiger partial charge is 0.297 e. The highest BCUT2D eigenvalue weighted by atomic mass is 35.5. The molecule has 2 atom stereocenters. The number of hydrogen-bond acceptors (Lipinski definition) is 7. The maximum absolute atomic E-state index is 12.3. The number of rotatable bonds is 13. The van der Waals surface area contributed by atoms with Crippen molar-refractivity contribution in [2.24, 2.45) is 0 Å². The zero-order valence-electron chi connectivity index (χ0n) is 21.7. The number of benzene rings is 3. The molecule has 11 heteroatoms. The Morgan fingerprint density at radius 1 is 0.821 bits per heavy atom. The minimum absolute atomic E-state index is 0.0225. The Morgan fingerprint density at radius 2 is 1.38 bits per heavy atom. The normalized spacial score (nSPS) is 13.6. The number of alkyl halides is 1. The summed E-state index contributed by atoms with van der Waals surface area (Å²) < 4.78 is 40.7. The number of hydrogen-bond donors (Lipinski definition) is 2. The van der Waals surface area contributed by atoms with Crippen molar-refractivity contribution in [2.75, 3.05) is 25.7 Å². The van der Waals surface area contributed by atoms with E-state index in [0.717, 1.165) is 16.7 Å². The number of ether oxygens (including phenoxy) is 2. The fourth-order valence-corrected chi connectivity index (χ4v) is 5.23. The van der Waals surface area contributed by atoms with Crippen molar-refractivity contribution in [2.45, 2.75) is 43.3 Å². The average molecular weight is 618 g/mol. The summed E-state index contributed by atoms with van der Waals surface area (Å²) >= 11 is 18.5. The molecule has 3 aromatic rings. The topological polar surface area (TPSA) is 102 Å². The van der Waals surface area contributed by atoms with Crippen molar-refractivity contribution >= 4 is 44.9 Å². The number of aryl methyl sites for hydroxylation is 1. The van der Waals surface area contributed by atoms with Gasteiger partial charge in [-0.15, -0.1) is 11.6 Å². The molecule has 0 aliphatic rings. The van der Waals surface area contributed by atoms with Crippen molar-refractivity contribution in [1.29, 1.82) is 0 Å². The lowest BCUT2D eigenvalue weighted by atomic mass is 9.78. The van der Waals surface area contributed by atoms with E-state index in [1.165, 1.54) is 12.1 Å². The van der Waals surface area contributed by atoms with Gasteiger partial charge in [0.1, 0.15) is 31.2 Å². The van der Waals surface area contributed by atoms with E-state index in [2.05, 4.69) is 0 Å². The summed E-state index contributed by atoms with van der Waals surface area (Å²) in [5.41, 5.74) is 2.23. The van der Waals surface area contributed by atoms with Crippen LogP contribution in [-0.4, -0.2) is 56.5 Å². The third-order valence-corrected chi connectivity index (χ3v) is 8.28. The molecule has 2 unspecified atom stereocenters. The first-order chi connectivity index (χ1) is 18.3. The highest BCUT2D eigenvalue weighted by molar-refractivity contribution is 7.86. The Bertz CT molecular complexity index is 1320. The highest BCUT2D eigenvalue weighted by Crippen LogP contribution is 2.40. The molecule has 0 amide bonds. The minimum Gasteiger partial charge on any atom is -0.491 e. The first kappa shape index (κ1) is 31.5. The largest absolute Gasteiger partial charge is 0.491 e. The Kier molecular flexibility index (Phi) is 10.9. The average Bonchev–Trinajstić information content (AvgIpc) is 2.90. The third-order valence-electron chi connectivity index (χ3n) is 6.06. The predicted octanol–water partition coefficient (Wildman–Crippen LogP) is 5.75. The first-order valence-electron chi connectivity index (χ1n) is 12.1. The van der Waals surface area contributed by atoms with E-state index in [4.69, 9.17) is 48.5 Å². The van der Waals surface area contributed by atoms with Crippen LogP contribution in [0.5, 0.6) is 11.5 Å². The van der Waals surface area contributed by atoms with Crippen LogP contribution in [0.15, 0.2) is 65.6 Å². The molecule has 0 radical (unpaired) electrons. The second-order valence-electron chi connectivity index (χ2n) is 9.55. The fraction of sp³-hybridized carbons (Fsp3) is 0.357. The van der Waals surface area contributed by atoms with Crippen molar-refractivity contribution in [1.82, 2.24) is 0 Å². The van der Waals surface area contributed by atoms with Crippen LogP contribution in [0.25, 0.3) is 0 Å². The highest BCUT2D eigenvalue weighted by Gasteiger charge is 2.26. The van der Waals surface area contributed by atoms with Crippen LogP contribution in [0.3, 0.4) is 0 Å². The van der Waals surface area contributed by atoms with Gasteiger partial charge in [-0.2, -0.15) is 8.42 Å². The van der Waals surface area contributed by atoms with E-state index in [1.54, 1.807) is 36.4 Å². The molecule has 2 N–H and O–H groups in total. The molecule has 0 saturated heterocycles. The van der Waals surface area contributed by atoms with Gasteiger partial charge in [-0.25, -0.2) is 0 Å². The van der Waals surface area contributed by atoms with Crippen LogP contribution < -0.4 is 9.47 Å². The summed E-state index contributed by atoms with van der Waals surface area (Å²) in [6.45, 7) is 5.25. The fourth-order valence-electron chi connectivity index (χ4n) is 3.60. The van der Waals surface area contributed by atoms with E-state index in [1.807, 2.05) is 32.9 Å². The van der Waals surface area contributed by atoms with Gasteiger partial charge in [0.05, 0.1) is 27.4 Å². The monoisotopic (exact) mass is 616 g/mol. The van der Waals surface area contributed by atoms with E-state index < -0.39 is 34.3 Å². The molecule has 3 aromatic carbocycles. The Hall–Kier alpha value is -2.04. The number of halogens is 3. The zero-order chi connectivity index (χ0) is 28.8. The molecule has 0 spiro atoms. The molecule has 0 heterocycles. The van der Waals surface area contributed by atoms with Gasteiger partial charge in [-0.1, -0.05) is 66.9 Å². The molecule has 7 nitrogen and oxygen atoms in total. The van der Waals surface area contributed by atoms with E-state index >= 15 is 0 Å². The van der Waals surface area contributed by atoms with Crippen molar-refractivity contribution in [3.05, 3.63) is 87.4 Å². The third kappa shape index (κ3) is 8.47. The van der Waals surface area contributed by atoms with Gasteiger partial charge in [0, 0.05) is 5.41 Å². The molecular weight excluding hydrogens is 587 g/mol. The molecule has 0 aliphatic heterocycles. The maximum atomic E-state index is 12.3. The standard InChI is InChI=1S/C28H31Cl3O7S/c1-18-4-10-24(11-5-18)39(34,35)38-17-22(33)16-36-23-8-6-19(7-9-23)28(2,3)20-12-25(30)27(26(31)13-20)37-15-21(32)14-29/h4-13,21-22,32-33H,14-17H2,1-3H3.